The number of amides is 5. The Balaban J connectivity index is 0.000000307. The quantitative estimate of drug-likeness (QED) is 0.0150. The number of unbranched alkanes of at least 4 members (excludes halogenated alkanes) is 5. The number of aliphatic hydroxyl groups is 1. The van der Waals surface area contributed by atoms with Gasteiger partial charge in [-0.1, -0.05) is 166 Å². The zero-order valence-electron chi connectivity index (χ0n) is 83.1. The summed E-state index contributed by atoms with van der Waals surface area (Å²) >= 11 is 12.1. The zero-order valence-corrected chi connectivity index (χ0v) is 86.2. The Morgan fingerprint density at radius 3 is 1.20 bits per heavy atom. The van der Waals surface area contributed by atoms with Crippen LogP contribution in [0.1, 0.15) is 266 Å². The molecule has 6 saturated carbocycles. The average molecular weight is 1950 g/mol. The van der Waals surface area contributed by atoms with Crippen molar-refractivity contribution < 1.29 is 93.2 Å². The van der Waals surface area contributed by atoms with Crippen molar-refractivity contribution in [2.75, 3.05) is 31.1 Å². The molecule has 12 rings (SSSR count). The first-order valence-electron chi connectivity index (χ1n) is 49.0. The van der Waals surface area contributed by atoms with E-state index in [1.807, 2.05) is 58.9 Å². The molecule has 2 saturated heterocycles. The maximum atomic E-state index is 14.5. The maximum absolute atomic E-state index is 14.5. The second kappa shape index (κ2) is 48.0. The molecule has 5 amide bonds. The molecule has 20 atom stereocenters. The molecule has 4 bridgehead atoms. The number of sulfone groups is 2. The summed E-state index contributed by atoms with van der Waals surface area (Å²) in [5.74, 6) is -7.34. The van der Waals surface area contributed by atoms with E-state index in [9.17, 15) is 65.1 Å². The smallest absolute Gasteiger partial charge is 0.444 e. The molecule has 6 aliphatic carbocycles. The van der Waals surface area contributed by atoms with E-state index in [2.05, 4.69) is 75.1 Å². The third-order valence-corrected chi connectivity index (χ3v) is 33.2. The first-order valence-corrected chi connectivity index (χ1v) is 53.1. The second-order valence-electron chi connectivity index (χ2n) is 42.9. The summed E-state index contributed by atoms with van der Waals surface area (Å²) in [7, 11) is -9.10. The molecule has 0 aromatic heterocycles. The standard InChI is InChI=1S/C56H85BClN3O11S.C46H68BClN4O9S/c1-14-15-16-20-44(45(62)31-36(3)57-71-48-33-41-32-47(55(41,11)12)56(48,13)72-57)60-50(64)35(2)30-46(63)49(37(4)69-53(5,6)7)61-51(65)40(19-17-18-29-59-52(66)70-54(8,9)10)34-73(67,68)43-27-23-39(24-28-43)38-21-25-42(58)26-22-38;1-28(43(56)51-37(12-8-10-22-50)38(54)24-29(2)47-60-41-26-34-25-40(45(34,4)5)46(41,6)61-47)23-39(55)42(30(3)53)52-44(57)33(11-7-9-21-49)27-62(58,59)36-19-15-32(16-20-36)31-13-17-35(48)18-14-31/h21-28,35-37,40-41,44,47-49H,14-20,29-34H2,1-13H3,(H,59,66)(H,60,64)(H,61,65);13-20,28-30,33-34,37,40-42,53H,7-12,21-27,49-50H2,1-6H3,(H,51,56)(H,52,57)/t35-,36-,37-,40-,41+,44+,47+,48-,49+,56+;28-,29-,30-,33-,34+,37+,40+,41-,42+,46+/m11/s1. The van der Waals surface area contributed by atoms with Crippen LogP contribution in [-0.2, 0) is 86.1 Å². The SMILES string of the molecule is CCCCC[C@H](NC(=O)[C@H](C)CC(=O)[C@@H](NC(=O)[C@H](CCCCNC(=O)OC(C)(C)C)CS(=O)(=O)c1ccc(-c2ccc(Cl)cc2)cc1)[C@@H](C)OC(C)(C)C)C(=O)C[C@@H](C)B1O[C@@H]2C[C@@H]3C[C@@H](C3(C)C)[C@]2(C)O1.C[C@H](CC(=O)[C@H](CCCCN)NC(=O)[C@H](C)CC(=O)[C@@H](NC(=O)[C@H](CCCCN)CS(=O)(=O)c1ccc(-c2ccc(Cl)cc2)cc1)[C@@H](C)O)B1O[C@@H]2C[C@@H]3C[C@@H](C3(C)C)[C@]2(C)O1. The highest BCUT2D eigenvalue weighted by Crippen LogP contribution is 2.67. The molecule has 8 aliphatic rings. The Labute approximate surface area is 813 Å². The van der Waals surface area contributed by atoms with Crippen molar-refractivity contribution in [1.29, 1.82) is 0 Å². The van der Waals surface area contributed by atoms with Gasteiger partial charge in [-0.3, -0.25) is 38.4 Å². The summed E-state index contributed by atoms with van der Waals surface area (Å²) < 4.78 is 93.4. The third-order valence-electron chi connectivity index (χ3n) is 29.1. The molecule has 4 aromatic rings. The summed E-state index contributed by atoms with van der Waals surface area (Å²) in [4.78, 5) is 124. The summed E-state index contributed by atoms with van der Waals surface area (Å²) in [5.41, 5.74) is 12.9. The van der Waals surface area contributed by atoms with Gasteiger partial charge in [-0.25, -0.2) is 21.6 Å². The van der Waals surface area contributed by atoms with E-state index in [0.717, 1.165) is 67.2 Å². The highest BCUT2D eigenvalue weighted by Gasteiger charge is 2.70. The lowest BCUT2D eigenvalue weighted by Gasteiger charge is -2.64. The van der Waals surface area contributed by atoms with Crippen LogP contribution in [0.4, 0.5) is 4.79 Å². The predicted molar refractivity (Wildman–Crippen MR) is 529 cm³/mol. The number of ketones is 4. The Bertz CT molecular complexity index is 4930. The number of nitrogens with two attached hydrogens (primary N) is 2. The number of halogens is 2. The predicted octanol–water partition coefficient (Wildman–Crippen LogP) is 16.2. The topological polar surface area (TPSA) is 410 Å². The van der Waals surface area contributed by atoms with E-state index in [-0.39, 0.29) is 101 Å². The molecule has 2 aliphatic heterocycles. The van der Waals surface area contributed by atoms with Gasteiger partial charge in [0.1, 0.15) is 17.7 Å². The summed E-state index contributed by atoms with van der Waals surface area (Å²) in [5, 5.41) is 25.9. The number of alkyl carbamates (subject to hydrolysis) is 1. The van der Waals surface area contributed by atoms with Crippen LogP contribution in [0.3, 0.4) is 0 Å². The Morgan fingerprint density at radius 2 is 0.837 bits per heavy atom. The number of carbonyl (C=O) groups excluding carboxylic acids is 9. The average Bonchev–Trinajstić information content (AvgIpc) is 1.61. The normalized spacial score (nSPS) is 23.6. The number of hydrogen-bond acceptors (Lipinski definition) is 22. The van der Waals surface area contributed by atoms with E-state index < -0.39 is 169 Å². The molecule has 4 aromatic carbocycles. The van der Waals surface area contributed by atoms with Gasteiger partial charge in [0, 0.05) is 54.1 Å². The van der Waals surface area contributed by atoms with Crippen molar-refractivity contribution in [1.82, 2.24) is 26.6 Å². The molecular formula is C102H153B2Cl2N7O20S2. The molecule has 748 valence electrons. The maximum Gasteiger partial charge on any atom is 0.461 e. The summed E-state index contributed by atoms with van der Waals surface area (Å²) in [6.45, 7) is 37.4. The second-order valence-corrected chi connectivity index (χ2v) is 47.8. The number of rotatable bonds is 50. The summed E-state index contributed by atoms with van der Waals surface area (Å²) in [6, 6.07) is 22.8. The van der Waals surface area contributed by atoms with Gasteiger partial charge in [-0.05, 0) is 276 Å². The van der Waals surface area contributed by atoms with Crippen molar-refractivity contribution in [3.63, 3.8) is 0 Å². The molecule has 0 unspecified atom stereocenters. The lowest BCUT2D eigenvalue weighted by Crippen LogP contribution is -2.65. The van der Waals surface area contributed by atoms with E-state index in [0.29, 0.717) is 98.2 Å². The van der Waals surface area contributed by atoms with Gasteiger partial charge in [-0.15, -0.1) is 0 Å². The van der Waals surface area contributed by atoms with Crippen molar-refractivity contribution in [3.8, 4) is 22.3 Å². The summed E-state index contributed by atoms with van der Waals surface area (Å²) in [6.07, 6.45) is 7.61. The minimum atomic E-state index is -4.06. The highest BCUT2D eigenvalue weighted by atomic mass is 35.5. The molecule has 0 radical (unpaired) electrons. The number of ether oxygens (including phenoxy) is 2. The van der Waals surface area contributed by atoms with Crippen LogP contribution >= 0.6 is 23.2 Å². The molecule has 27 nitrogen and oxygen atoms in total. The van der Waals surface area contributed by atoms with Gasteiger partial charge in [0.2, 0.25) is 23.6 Å². The van der Waals surface area contributed by atoms with Crippen molar-refractivity contribution in [3.05, 3.63) is 107 Å². The molecule has 10 N–H and O–H groups in total. The highest BCUT2D eigenvalue weighted by molar-refractivity contribution is 7.91. The fraction of sp³-hybridized carbons (Fsp3) is 0.676. The molecule has 135 heavy (non-hydrogen) atoms. The van der Waals surface area contributed by atoms with Crippen molar-refractivity contribution in [2.45, 2.75) is 359 Å². The first kappa shape index (κ1) is 112. The fourth-order valence-corrected chi connectivity index (χ4v) is 24.2. The first-order chi connectivity index (χ1) is 63.1. The Hall–Kier alpha value is -7.00. The van der Waals surface area contributed by atoms with Crippen LogP contribution in [0.5, 0.6) is 0 Å². The van der Waals surface area contributed by atoms with Crippen molar-refractivity contribution >= 4 is 110 Å². The lowest BCUT2D eigenvalue weighted by atomic mass is 9.43. The number of Topliss-reactive ketones (excluding diaryl/α,β-unsaturated/α-hetero) is 4. The molecule has 2 heterocycles. The molecular weight excluding hydrogens is 1800 g/mol. The Morgan fingerprint density at radius 1 is 0.474 bits per heavy atom. The van der Waals surface area contributed by atoms with Gasteiger partial charge in [0.15, 0.2) is 42.8 Å². The number of nitrogens with one attached hydrogen (secondary N) is 5. The van der Waals surface area contributed by atoms with E-state index in [1.165, 1.54) is 31.2 Å². The fourth-order valence-electron chi connectivity index (χ4n) is 20.7. The van der Waals surface area contributed by atoms with Gasteiger partial charge >= 0.3 is 20.3 Å². The Kier molecular flexibility index (Phi) is 39.7. The molecule has 33 heteroatoms. The minimum absolute atomic E-state index is 0.0148. The van der Waals surface area contributed by atoms with Crippen LogP contribution in [0.15, 0.2) is 107 Å². The molecule has 0 spiro atoms. The van der Waals surface area contributed by atoms with Gasteiger partial charge < -0.3 is 71.2 Å². The third kappa shape index (κ3) is 29.8. The van der Waals surface area contributed by atoms with Crippen LogP contribution in [0.25, 0.3) is 22.3 Å². The van der Waals surface area contributed by atoms with Crippen LogP contribution in [0, 0.1) is 58.2 Å². The minimum Gasteiger partial charge on any atom is -0.444 e. The largest absolute Gasteiger partial charge is 0.461 e. The van der Waals surface area contributed by atoms with Crippen LogP contribution < -0.4 is 38.1 Å². The lowest BCUT2D eigenvalue weighted by molar-refractivity contribution is -0.199. The van der Waals surface area contributed by atoms with E-state index >= 15 is 0 Å². The monoisotopic (exact) mass is 1950 g/mol. The van der Waals surface area contributed by atoms with Gasteiger partial charge in [0.25, 0.3) is 0 Å². The van der Waals surface area contributed by atoms with Crippen molar-refractivity contribution in [2.24, 2.45) is 69.6 Å². The number of hydrogen-bond donors (Lipinski definition) is 8. The van der Waals surface area contributed by atoms with E-state index in [4.69, 9.17) is 62.8 Å². The number of benzene rings is 4. The molecule has 8 fully saturated rings. The number of aliphatic hydroxyl groups excluding tert-OH is 1. The number of carbonyl (C=O) groups is 9. The van der Waals surface area contributed by atoms with Crippen LogP contribution in [-0.4, -0.2) is 191 Å². The van der Waals surface area contributed by atoms with Crippen LogP contribution in [0.2, 0.25) is 21.7 Å². The van der Waals surface area contributed by atoms with E-state index in [1.54, 1.807) is 90.1 Å². The van der Waals surface area contributed by atoms with Gasteiger partial charge in [-0.2, -0.15) is 0 Å². The van der Waals surface area contributed by atoms with Gasteiger partial charge in [0.05, 0.1) is 86.4 Å². The zero-order chi connectivity index (χ0) is 99.8.